The summed E-state index contributed by atoms with van der Waals surface area (Å²) in [7, 11) is -2.53. The highest BCUT2D eigenvalue weighted by atomic mass is 32.2. The fourth-order valence-electron chi connectivity index (χ4n) is 1.80. The van der Waals surface area contributed by atoms with E-state index in [1.54, 1.807) is 11.8 Å². The number of hydrogen-bond donors (Lipinski definition) is 1. The van der Waals surface area contributed by atoms with Crippen LogP contribution in [0.1, 0.15) is 27.2 Å². The predicted molar refractivity (Wildman–Crippen MR) is 87.9 cm³/mol. The molecule has 0 saturated carbocycles. The third-order valence-electron chi connectivity index (χ3n) is 2.49. The minimum absolute atomic E-state index is 0.439. The molecule has 1 aromatic heterocycles. The van der Waals surface area contributed by atoms with Crippen LogP contribution < -0.4 is 0 Å². The van der Waals surface area contributed by atoms with Crippen molar-refractivity contribution in [1.29, 1.82) is 0 Å². The summed E-state index contributed by atoms with van der Waals surface area (Å²) in [5, 5.41) is 1.13. The molecule has 6 nitrogen and oxygen atoms in total. The van der Waals surface area contributed by atoms with Crippen LogP contribution in [0.25, 0.3) is 0 Å². The van der Waals surface area contributed by atoms with Crippen LogP contribution in [-0.2, 0) is 13.3 Å². The SMILES string of the molecule is CCO[Si](CCCSc1ncnc(S)n1)(OCC)OCC. The van der Waals surface area contributed by atoms with Gasteiger partial charge in [0.05, 0.1) is 0 Å². The Morgan fingerprint density at radius 2 is 1.71 bits per heavy atom. The summed E-state index contributed by atoms with van der Waals surface area (Å²) in [6.45, 7) is 7.72. The molecule has 9 heteroatoms. The fourth-order valence-corrected chi connectivity index (χ4v) is 5.62. The molecule has 0 N–H and O–H groups in total. The van der Waals surface area contributed by atoms with E-state index in [1.807, 2.05) is 20.8 Å². The second-order valence-electron chi connectivity index (χ2n) is 4.00. The van der Waals surface area contributed by atoms with Crippen LogP contribution in [0.4, 0.5) is 0 Å². The van der Waals surface area contributed by atoms with Crippen molar-refractivity contribution in [2.24, 2.45) is 0 Å². The molecule has 21 heavy (non-hydrogen) atoms. The van der Waals surface area contributed by atoms with Crippen LogP contribution >= 0.6 is 24.4 Å². The van der Waals surface area contributed by atoms with Gasteiger partial charge in [-0.05, 0) is 27.2 Å². The Balaban J connectivity index is 2.45. The summed E-state index contributed by atoms with van der Waals surface area (Å²) < 4.78 is 17.4. The van der Waals surface area contributed by atoms with Gasteiger partial charge >= 0.3 is 8.80 Å². The lowest BCUT2D eigenvalue weighted by atomic mass is 10.6. The molecule has 0 amide bonds. The molecule has 1 aromatic rings. The summed E-state index contributed by atoms with van der Waals surface area (Å²) in [4.78, 5) is 12.1. The highest BCUT2D eigenvalue weighted by Gasteiger charge is 2.39. The van der Waals surface area contributed by atoms with Crippen molar-refractivity contribution in [3.8, 4) is 0 Å². The smallest absolute Gasteiger partial charge is 0.374 e. The summed E-state index contributed by atoms with van der Waals surface area (Å²) in [5.74, 6) is 0.874. The number of rotatable bonds is 11. The van der Waals surface area contributed by atoms with E-state index in [9.17, 15) is 0 Å². The lowest BCUT2D eigenvalue weighted by molar-refractivity contribution is 0.0712. The van der Waals surface area contributed by atoms with Crippen molar-refractivity contribution < 1.29 is 13.3 Å². The van der Waals surface area contributed by atoms with Gasteiger partial charge in [-0.1, -0.05) is 11.8 Å². The zero-order valence-electron chi connectivity index (χ0n) is 12.7. The molecule has 0 radical (unpaired) electrons. The molecule has 120 valence electrons. The third-order valence-corrected chi connectivity index (χ3v) is 6.80. The summed E-state index contributed by atoms with van der Waals surface area (Å²) >= 11 is 5.67. The van der Waals surface area contributed by atoms with Crippen molar-refractivity contribution in [3.63, 3.8) is 0 Å². The van der Waals surface area contributed by atoms with E-state index in [1.165, 1.54) is 6.33 Å². The lowest BCUT2D eigenvalue weighted by Crippen LogP contribution is -2.46. The maximum absolute atomic E-state index is 5.81. The van der Waals surface area contributed by atoms with Gasteiger partial charge in [-0.25, -0.2) is 9.97 Å². The Morgan fingerprint density at radius 1 is 1.10 bits per heavy atom. The van der Waals surface area contributed by atoms with E-state index in [0.717, 1.165) is 18.2 Å². The molecule has 0 saturated heterocycles. The minimum Gasteiger partial charge on any atom is -0.374 e. The van der Waals surface area contributed by atoms with Crippen molar-refractivity contribution in [2.45, 2.75) is 43.5 Å². The minimum atomic E-state index is -2.53. The normalized spacial score (nSPS) is 11.8. The average molecular weight is 350 g/mol. The van der Waals surface area contributed by atoms with Gasteiger partial charge in [0.2, 0.25) is 0 Å². The Morgan fingerprint density at radius 3 is 2.24 bits per heavy atom. The number of aromatic nitrogens is 3. The van der Waals surface area contributed by atoms with Gasteiger partial charge in [0.1, 0.15) is 6.33 Å². The first kappa shape index (κ1) is 18.9. The van der Waals surface area contributed by atoms with E-state index >= 15 is 0 Å². The molecule has 0 spiro atoms. The van der Waals surface area contributed by atoms with Crippen LogP contribution in [-0.4, -0.2) is 49.3 Å². The van der Waals surface area contributed by atoms with Gasteiger partial charge in [-0.3, -0.25) is 0 Å². The van der Waals surface area contributed by atoms with Gasteiger partial charge in [-0.15, -0.1) is 12.6 Å². The Hall–Kier alpha value is -0.193. The molecule has 0 aliphatic heterocycles. The maximum Gasteiger partial charge on any atom is 0.500 e. The van der Waals surface area contributed by atoms with E-state index < -0.39 is 8.80 Å². The van der Waals surface area contributed by atoms with Crippen LogP contribution in [0.5, 0.6) is 0 Å². The molecule has 0 aliphatic rings. The number of thioether (sulfide) groups is 1. The van der Waals surface area contributed by atoms with Crippen molar-refractivity contribution in [3.05, 3.63) is 6.33 Å². The van der Waals surface area contributed by atoms with Crippen LogP contribution in [0.2, 0.25) is 6.04 Å². The summed E-state index contributed by atoms with van der Waals surface area (Å²) in [5.41, 5.74) is 0. The first-order valence-corrected chi connectivity index (χ1v) is 10.4. The number of thiol groups is 1. The number of hydrogen-bond acceptors (Lipinski definition) is 8. The van der Waals surface area contributed by atoms with Gasteiger partial charge in [0.25, 0.3) is 0 Å². The molecule has 1 rings (SSSR count). The fraction of sp³-hybridized carbons (Fsp3) is 0.750. The van der Waals surface area contributed by atoms with Crippen molar-refractivity contribution >= 4 is 33.2 Å². The van der Waals surface area contributed by atoms with Gasteiger partial charge < -0.3 is 13.3 Å². The second-order valence-corrected chi connectivity index (χ2v) is 8.20. The zero-order chi connectivity index (χ0) is 15.6. The second kappa shape index (κ2) is 10.5. The van der Waals surface area contributed by atoms with Crippen LogP contribution in [0.15, 0.2) is 16.6 Å². The van der Waals surface area contributed by atoms with E-state index in [4.69, 9.17) is 13.3 Å². The Kier molecular flexibility index (Phi) is 9.44. The number of nitrogens with zero attached hydrogens (tertiary/aromatic N) is 3. The third kappa shape index (κ3) is 7.07. The molecule has 0 aromatic carbocycles. The quantitative estimate of drug-likeness (QED) is 0.285. The molecular formula is C12H23N3O3S2Si. The molecule has 0 unspecified atom stereocenters. The first-order valence-electron chi connectivity index (χ1n) is 7.08. The standard InChI is InChI=1S/C12H23N3O3S2Si/c1-4-16-21(17-5-2,18-6-3)9-7-8-20-12-14-10-13-11(19)15-12/h10H,4-9H2,1-3H3,(H,13,14,15,19). The molecular weight excluding hydrogens is 326 g/mol. The molecule has 1 heterocycles. The highest BCUT2D eigenvalue weighted by molar-refractivity contribution is 7.99. The average Bonchev–Trinajstić information content (AvgIpc) is 2.45. The predicted octanol–water partition coefficient (Wildman–Crippen LogP) is 2.69. The van der Waals surface area contributed by atoms with Gasteiger partial charge in [0, 0.05) is 31.6 Å². The van der Waals surface area contributed by atoms with E-state index in [2.05, 4.69) is 27.6 Å². The molecule has 0 aliphatic carbocycles. The van der Waals surface area contributed by atoms with E-state index in [-0.39, 0.29) is 0 Å². The van der Waals surface area contributed by atoms with Crippen molar-refractivity contribution in [2.75, 3.05) is 25.6 Å². The monoisotopic (exact) mass is 349 g/mol. The first-order chi connectivity index (χ1) is 10.2. The summed E-state index contributed by atoms with van der Waals surface area (Å²) in [6, 6.07) is 0.800. The Labute approximate surface area is 137 Å². The molecule has 0 fully saturated rings. The van der Waals surface area contributed by atoms with Gasteiger partial charge in [-0.2, -0.15) is 4.98 Å². The van der Waals surface area contributed by atoms with Crippen LogP contribution in [0, 0.1) is 0 Å². The maximum atomic E-state index is 5.81. The summed E-state index contributed by atoms with van der Waals surface area (Å²) in [6.07, 6.45) is 2.39. The highest BCUT2D eigenvalue weighted by Crippen LogP contribution is 2.21. The van der Waals surface area contributed by atoms with Gasteiger partial charge in [0.15, 0.2) is 10.3 Å². The molecule has 0 atom stereocenters. The van der Waals surface area contributed by atoms with Crippen LogP contribution in [0.3, 0.4) is 0 Å². The Bertz CT molecular complexity index is 398. The van der Waals surface area contributed by atoms with E-state index in [0.29, 0.717) is 30.1 Å². The topological polar surface area (TPSA) is 66.4 Å². The lowest BCUT2D eigenvalue weighted by Gasteiger charge is -2.28. The van der Waals surface area contributed by atoms with Crippen molar-refractivity contribution in [1.82, 2.24) is 15.0 Å². The largest absolute Gasteiger partial charge is 0.500 e. The molecule has 0 bridgehead atoms. The zero-order valence-corrected chi connectivity index (χ0v) is 15.5.